The number of imide groups is 1. The first-order chi connectivity index (χ1) is 17.7. The van der Waals surface area contributed by atoms with Gasteiger partial charge in [-0.2, -0.15) is 0 Å². The topological polar surface area (TPSA) is 116 Å². The van der Waals surface area contributed by atoms with E-state index >= 15 is 0 Å². The summed E-state index contributed by atoms with van der Waals surface area (Å²) in [5.74, 6) is -0.464. The van der Waals surface area contributed by atoms with E-state index in [2.05, 4.69) is 0 Å². The Bertz CT molecular complexity index is 1440. The van der Waals surface area contributed by atoms with E-state index in [-0.39, 0.29) is 22.9 Å². The smallest absolute Gasteiger partial charge is 0.343 e. The van der Waals surface area contributed by atoms with Gasteiger partial charge in [0.05, 0.1) is 32.6 Å². The lowest BCUT2D eigenvalue weighted by molar-refractivity contribution is -0.384. The highest BCUT2D eigenvalue weighted by molar-refractivity contribution is 14.1. The van der Waals surface area contributed by atoms with Crippen molar-refractivity contribution in [2.45, 2.75) is 13.5 Å². The molecule has 11 heteroatoms. The minimum absolute atomic E-state index is 0.00520. The van der Waals surface area contributed by atoms with Crippen molar-refractivity contribution in [2.24, 2.45) is 0 Å². The maximum absolute atomic E-state index is 12.9. The molecule has 9 nitrogen and oxygen atoms in total. The highest BCUT2D eigenvalue weighted by atomic mass is 127. The van der Waals surface area contributed by atoms with Crippen LogP contribution in [0.15, 0.2) is 65.6 Å². The summed E-state index contributed by atoms with van der Waals surface area (Å²) in [5, 5.41) is 10.4. The summed E-state index contributed by atoms with van der Waals surface area (Å²) < 4.78 is 11.6. The molecule has 1 fully saturated rings. The Labute approximate surface area is 229 Å². The Morgan fingerprint density at radius 1 is 1.11 bits per heavy atom. The van der Waals surface area contributed by atoms with Crippen molar-refractivity contribution in [3.8, 4) is 11.5 Å². The molecule has 1 aliphatic heterocycles. The van der Waals surface area contributed by atoms with Gasteiger partial charge in [-0.1, -0.05) is 29.8 Å². The second kappa shape index (κ2) is 11.1. The minimum Gasteiger partial charge on any atom is -0.493 e. The highest BCUT2D eigenvalue weighted by Gasteiger charge is 2.35. The van der Waals surface area contributed by atoms with Crippen LogP contribution in [0.25, 0.3) is 6.08 Å². The lowest BCUT2D eigenvalue weighted by Gasteiger charge is -2.13. The number of non-ortho nitro benzene ring substituents is 1. The third-order valence-electron chi connectivity index (χ3n) is 5.39. The van der Waals surface area contributed by atoms with Gasteiger partial charge >= 0.3 is 5.97 Å². The normalized spacial score (nSPS) is 14.2. The van der Waals surface area contributed by atoms with Gasteiger partial charge in [0, 0.05) is 12.1 Å². The molecule has 1 aliphatic rings. The molecule has 1 heterocycles. The molecule has 0 aromatic heterocycles. The van der Waals surface area contributed by atoms with Gasteiger partial charge in [0.2, 0.25) is 0 Å². The molecule has 0 unspecified atom stereocenters. The Hall–Kier alpha value is -3.71. The summed E-state index contributed by atoms with van der Waals surface area (Å²) in [7, 11) is 1.44. The SMILES string of the molecule is COc1cc(/C=C2\SC(=O)N(Cc3ccc([N+](=O)[O-])cc3)C2=O)cc(I)c1OC(=O)c1ccc(C)cc1. The molecule has 0 bridgehead atoms. The molecule has 37 heavy (non-hydrogen) atoms. The van der Waals surface area contributed by atoms with E-state index in [9.17, 15) is 24.5 Å². The highest BCUT2D eigenvalue weighted by Crippen LogP contribution is 2.38. The zero-order valence-electron chi connectivity index (χ0n) is 19.6. The van der Waals surface area contributed by atoms with Crippen LogP contribution in [0.3, 0.4) is 0 Å². The molecular formula is C26H19IN2O7S. The van der Waals surface area contributed by atoms with Crippen molar-refractivity contribution in [3.05, 3.63) is 102 Å². The van der Waals surface area contributed by atoms with Crippen LogP contribution in [0.4, 0.5) is 10.5 Å². The number of nitrogens with zero attached hydrogens (tertiary/aromatic N) is 2. The van der Waals surface area contributed by atoms with Gasteiger partial charge in [0.1, 0.15) is 0 Å². The molecule has 0 aliphatic carbocycles. The summed E-state index contributed by atoms with van der Waals surface area (Å²) in [6.45, 7) is 1.92. The number of methoxy groups -OCH3 is 1. The lowest BCUT2D eigenvalue weighted by atomic mass is 10.1. The van der Waals surface area contributed by atoms with E-state index in [0.717, 1.165) is 22.2 Å². The number of carbonyl (C=O) groups is 3. The van der Waals surface area contributed by atoms with Gasteiger partial charge < -0.3 is 9.47 Å². The summed E-state index contributed by atoms with van der Waals surface area (Å²) in [5.41, 5.74) is 2.51. The molecule has 0 spiro atoms. The van der Waals surface area contributed by atoms with E-state index in [1.165, 1.54) is 31.4 Å². The number of nitro groups is 1. The predicted molar refractivity (Wildman–Crippen MR) is 146 cm³/mol. The second-order valence-electron chi connectivity index (χ2n) is 7.98. The van der Waals surface area contributed by atoms with Gasteiger partial charge in [-0.3, -0.25) is 24.6 Å². The quantitative estimate of drug-likeness (QED) is 0.0783. The fraction of sp³-hybridized carbons (Fsp3) is 0.115. The van der Waals surface area contributed by atoms with Crippen LogP contribution in [0, 0.1) is 20.6 Å². The third kappa shape index (κ3) is 6.00. The molecule has 0 N–H and O–H groups in total. The maximum Gasteiger partial charge on any atom is 0.343 e. The van der Waals surface area contributed by atoms with Gasteiger partial charge in [0.15, 0.2) is 11.5 Å². The van der Waals surface area contributed by atoms with E-state index in [4.69, 9.17) is 9.47 Å². The molecule has 1 saturated heterocycles. The van der Waals surface area contributed by atoms with Gasteiger partial charge in [-0.05, 0) is 82.7 Å². The first-order valence-corrected chi connectivity index (χ1v) is 12.7. The summed E-state index contributed by atoms with van der Waals surface area (Å²) in [4.78, 5) is 49.7. The number of aryl methyl sites for hydroxylation is 1. The zero-order valence-corrected chi connectivity index (χ0v) is 22.6. The van der Waals surface area contributed by atoms with Crippen molar-refractivity contribution in [1.29, 1.82) is 0 Å². The zero-order chi connectivity index (χ0) is 26.7. The number of ether oxygens (including phenoxy) is 2. The van der Waals surface area contributed by atoms with Crippen LogP contribution >= 0.6 is 34.4 Å². The van der Waals surface area contributed by atoms with Gasteiger partial charge in [0.25, 0.3) is 16.8 Å². The summed E-state index contributed by atoms with van der Waals surface area (Å²) in [6, 6.07) is 16.0. The molecular weight excluding hydrogens is 611 g/mol. The van der Waals surface area contributed by atoms with Crippen molar-refractivity contribution in [1.82, 2.24) is 4.90 Å². The number of esters is 1. The monoisotopic (exact) mass is 630 g/mol. The predicted octanol–water partition coefficient (Wildman–Crippen LogP) is 5.97. The van der Waals surface area contributed by atoms with Crippen molar-refractivity contribution >= 4 is 63.2 Å². The number of amides is 2. The number of hydrogen-bond acceptors (Lipinski definition) is 8. The van der Waals surface area contributed by atoms with Crippen LogP contribution in [0.1, 0.15) is 27.0 Å². The standard InChI is InChI=1S/C26H19IN2O7S/c1-15-3-7-18(8-4-15)25(31)36-23-20(27)11-17(12-21(23)35-2)13-22-24(30)28(26(32)37-22)14-16-5-9-19(10-6-16)29(33)34/h3-13H,14H2,1-2H3/b22-13-. The number of hydrogen-bond donors (Lipinski definition) is 0. The average Bonchev–Trinajstić information content (AvgIpc) is 3.13. The maximum atomic E-state index is 12.9. The fourth-order valence-corrected chi connectivity index (χ4v) is 5.03. The number of rotatable bonds is 7. The lowest BCUT2D eigenvalue weighted by Crippen LogP contribution is -2.27. The second-order valence-corrected chi connectivity index (χ2v) is 10.1. The number of halogens is 1. The van der Waals surface area contributed by atoms with E-state index in [0.29, 0.717) is 26.0 Å². The van der Waals surface area contributed by atoms with Gasteiger partial charge in [-0.15, -0.1) is 0 Å². The largest absolute Gasteiger partial charge is 0.493 e. The van der Waals surface area contributed by atoms with Crippen LogP contribution in [0.5, 0.6) is 11.5 Å². The molecule has 188 valence electrons. The van der Waals surface area contributed by atoms with Gasteiger partial charge in [-0.25, -0.2) is 4.79 Å². The Balaban J connectivity index is 1.53. The Morgan fingerprint density at radius 3 is 2.41 bits per heavy atom. The number of carbonyl (C=O) groups excluding carboxylic acids is 3. The van der Waals surface area contributed by atoms with E-state index < -0.39 is 22.0 Å². The first-order valence-electron chi connectivity index (χ1n) is 10.8. The molecule has 2 amide bonds. The van der Waals surface area contributed by atoms with Crippen LogP contribution in [0.2, 0.25) is 0 Å². The van der Waals surface area contributed by atoms with E-state index in [1.54, 1.807) is 30.3 Å². The first kappa shape index (κ1) is 26.4. The molecule has 0 atom stereocenters. The Morgan fingerprint density at radius 2 is 1.78 bits per heavy atom. The van der Waals surface area contributed by atoms with Crippen LogP contribution < -0.4 is 9.47 Å². The summed E-state index contributed by atoms with van der Waals surface area (Å²) >= 11 is 2.81. The van der Waals surface area contributed by atoms with Crippen molar-refractivity contribution in [3.63, 3.8) is 0 Å². The number of thioether (sulfide) groups is 1. The van der Waals surface area contributed by atoms with Crippen molar-refractivity contribution in [2.75, 3.05) is 7.11 Å². The Kier molecular flexibility index (Phi) is 7.93. The molecule has 0 radical (unpaired) electrons. The molecule has 4 rings (SSSR count). The van der Waals surface area contributed by atoms with Crippen molar-refractivity contribution < 1.29 is 28.8 Å². The molecule has 3 aromatic rings. The molecule has 3 aromatic carbocycles. The average molecular weight is 630 g/mol. The van der Waals surface area contributed by atoms with E-state index in [1.807, 2.05) is 41.6 Å². The molecule has 0 saturated carbocycles. The fourth-order valence-electron chi connectivity index (χ4n) is 3.46. The third-order valence-corrected chi connectivity index (χ3v) is 7.10. The minimum atomic E-state index is -0.531. The number of benzene rings is 3. The van der Waals surface area contributed by atoms with Crippen LogP contribution in [-0.2, 0) is 11.3 Å². The van der Waals surface area contributed by atoms with Crippen LogP contribution in [-0.4, -0.2) is 34.0 Å². The summed E-state index contributed by atoms with van der Waals surface area (Å²) in [6.07, 6.45) is 1.57. The number of nitro benzene ring substituents is 1.